The van der Waals surface area contributed by atoms with E-state index in [1.54, 1.807) is 24.3 Å². The van der Waals surface area contributed by atoms with Crippen molar-refractivity contribution in [1.29, 1.82) is 0 Å². The Morgan fingerprint density at radius 3 is 1.34 bits per heavy atom. The number of fused-ring (bicyclic) bond motifs is 3. The summed E-state index contributed by atoms with van der Waals surface area (Å²) in [4.78, 5) is 9.56. The summed E-state index contributed by atoms with van der Waals surface area (Å²) in [5, 5.41) is 37.3. The molecule has 0 bridgehead atoms. The molecule has 0 aromatic heterocycles. The molecule has 7 aromatic rings. The third-order valence-electron chi connectivity index (χ3n) is 8.80. The zero-order valence-corrected chi connectivity index (χ0v) is 41.1. The maximum Gasteiger partial charge on any atom is 1.00 e. The molecule has 7 aromatic carbocycles. The molecule has 0 aliphatic heterocycles. The second-order valence-electron chi connectivity index (χ2n) is 12.7. The summed E-state index contributed by atoms with van der Waals surface area (Å²) in [5.74, 6) is -0.839. The number of hydrogen-bond acceptors (Lipinski definition) is 17. The molecule has 7 rings (SSSR count). The van der Waals surface area contributed by atoms with E-state index >= 15 is 0 Å². The minimum absolute atomic E-state index is 0. The number of phenolic OH excluding ortho intramolecular Hbond substituents is 1. The Labute approximate surface area is 419 Å². The number of carbonyl (C=O) groups excluding carboxylic acids is 1. The first-order chi connectivity index (χ1) is 27.8. The van der Waals surface area contributed by atoms with Crippen LogP contribution in [0.25, 0.3) is 32.3 Å². The zero-order chi connectivity index (χ0) is 42.3. The SMILES string of the molecule is NC(=O)Cc1ccc(N=Nc2ccc(N=Nc3ccc(N=Nc4c(O)ccc5cc(S(=O)(=O)[O-])ccc45)c4ccc(S(=O)(=O)[O-])cc34)c3cc(S(=O)(=O)[O-])ccc23)cc1.[Na+].[Na+].[Na+]. The molecule has 0 heterocycles. The van der Waals surface area contributed by atoms with E-state index in [0.29, 0.717) is 16.6 Å². The van der Waals surface area contributed by atoms with Crippen LogP contribution in [0, 0.1) is 0 Å². The van der Waals surface area contributed by atoms with Gasteiger partial charge in [0, 0.05) is 26.9 Å². The molecule has 298 valence electrons. The summed E-state index contributed by atoms with van der Waals surface area (Å²) in [7, 11) is -14.7. The predicted octanol–water partition coefficient (Wildman–Crippen LogP) is -1.15. The first-order valence-electron chi connectivity index (χ1n) is 16.7. The van der Waals surface area contributed by atoms with Crippen molar-refractivity contribution in [1.82, 2.24) is 0 Å². The number of nitrogens with zero attached hydrogens (tertiary/aromatic N) is 6. The van der Waals surface area contributed by atoms with Gasteiger partial charge in [0.1, 0.15) is 41.8 Å². The Morgan fingerprint density at radius 2 is 0.887 bits per heavy atom. The Bertz CT molecular complexity index is 3340. The van der Waals surface area contributed by atoms with Gasteiger partial charge in [-0.3, -0.25) is 4.79 Å². The second-order valence-corrected chi connectivity index (χ2v) is 16.8. The van der Waals surface area contributed by atoms with Crippen LogP contribution in [0.2, 0.25) is 0 Å². The minimum atomic E-state index is -4.97. The number of hydrogen-bond donors (Lipinski definition) is 2. The molecule has 0 unspecified atom stereocenters. The number of phenols is 1. The number of carbonyl (C=O) groups is 1. The molecule has 0 saturated heterocycles. The first kappa shape index (κ1) is 50.8. The average molecular weight is 920 g/mol. The van der Waals surface area contributed by atoms with E-state index < -0.39 is 50.9 Å². The van der Waals surface area contributed by atoms with Crippen molar-refractivity contribution in [3.05, 3.63) is 121 Å². The fourth-order valence-electron chi connectivity index (χ4n) is 6.00. The molecule has 3 N–H and O–H groups in total. The van der Waals surface area contributed by atoms with E-state index in [9.17, 15) is 48.8 Å². The van der Waals surface area contributed by atoms with Crippen molar-refractivity contribution in [2.45, 2.75) is 21.1 Å². The number of primary amides is 1. The normalized spacial score (nSPS) is 12.2. The number of aromatic hydroxyl groups is 1. The van der Waals surface area contributed by atoms with E-state index in [0.717, 1.165) is 36.4 Å². The van der Waals surface area contributed by atoms with E-state index in [4.69, 9.17) is 5.73 Å². The Hall–Kier alpha value is -3.88. The van der Waals surface area contributed by atoms with Crippen molar-refractivity contribution < 1.29 is 137 Å². The molecular formula is C38H24N7Na3O11S3. The van der Waals surface area contributed by atoms with Crippen LogP contribution in [0.1, 0.15) is 5.56 Å². The van der Waals surface area contributed by atoms with Crippen LogP contribution in [0.3, 0.4) is 0 Å². The molecule has 0 aliphatic carbocycles. The predicted molar refractivity (Wildman–Crippen MR) is 209 cm³/mol. The van der Waals surface area contributed by atoms with Crippen LogP contribution in [0.5, 0.6) is 5.75 Å². The van der Waals surface area contributed by atoms with Crippen LogP contribution in [0.15, 0.2) is 161 Å². The van der Waals surface area contributed by atoms with Gasteiger partial charge in [-0.1, -0.05) is 36.4 Å². The van der Waals surface area contributed by atoms with Gasteiger partial charge in [-0.15, -0.1) is 25.6 Å². The van der Waals surface area contributed by atoms with Crippen LogP contribution in [-0.2, 0) is 41.6 Å². The topological polar surface area (TPSA) is 309 Å². The minimum Gasteiger partial charge on any atom is -0.744 e. The van der Waals surface area contributed by atoms with Crippen molar-refractivity contribution in [3.8, 4) is 5.75 Å². The Morgan fingerprint density at radius 1 is 0.484 bits per heavy atom. The number of benzene rings is 7. The molecule has 62 heavy (non-hydrogen) atoms. The van der Waals surface area contributed by atoms with E-state index in [1.165, 1.54) is 54.6 Å². The molecule has 0 radical (unpaired) electrons. The summed E-state index contributed by atoms with van der Waals surface area (Å²) in [6.45, 7) is 0. The van der Waals surface area contributed by atoms with E-state index in [-0.39, 0.29) is 156 Å². The van der Waals surface area contributed by atoms with Gasteiger partial charge in [-0.05, 0) is 89.8 Å². The van der Waals surface area contributed by atoms with Gasteiger partial charge in [0.15, 0.2) is 0 Å². The summed E-state index contributed by atoms with van der Waals surface area (Å²) in [6.07, 6.45) is 0.0369. The van der Waals surface area contributed by atoms with E-state index in [2.05, 4.69) is 30.7 Å². The number of nitrogens with two attached hydrogens (primary N) is 1. The van der Waals surface area contributed by atoms with Crippen molar-refractivity contribution in [2.75, 3.05) is 0 Å². The van der Waals surface area contributed by atoms with Crippen LogP contribution >= 0.6 is 0 Å². The fraction of sp³-hybridized carbons (Fsp3) is 0.0263. The van der Waals surface area contributed by atoms with Crippen molar-refractivity contribution >= 4 is 103 Å². The molecule has 0 atom stereocenters. The van der Waals surface area contributed by atoms with Crippen molar-refractivity contribution in [2.24, 2.45) is 36.4 Å². The van der Waals surface area contributed by atoms with Crippen LogP contribution in [0.4, 0.5) is 34.1 Å². The summed E-state index contributed by atoms with van der Waals surface area (Å²) in [5.41, 5.74) is 6.70. The maximum atomic E-state index is 12.1. The first-order valence-corrected chi connectivity index (χ1v) is 21.0. The summed E-state index contributed by atoms with van der Waals surface area (Å²) >= 11 is 0. The average Bonchev–Trinajstić information content (AvgIpc) is 3.18. The summed E-state index contributed by atoms with van der Waals surface area (Å²) in [6, 6.07) is 25.3. The fourth-order valence-corrected chi connectivity index (χ4v) is 7.50. The van der Waals surface area contributed by atoms with Gasteiger partial charge in [0.05, 0.1) is 49.5 Å². The van der Waals surface area contributed by atoms with Gasteiger partial charge >= 0.3 is 88.7 Å². The molecular weight excluding hydrogens is 896 g/mol. The smallest absolute Gasteiger partial charge is 0.744 e. The molecule has 0 aliphatic rings. The second kappa shape index (κ2) is 20.3. The molecule has 1 amide bonds. The van der Waals surface area contributed by atoms with Gasteiger partial charge in [-0.2, -0.15) is 5.11 Å². The van der Waals surface area contributed by atoms with Gasteiger partial charge in [-0.25, -0.2) is 25.3 Å². The van der Waals surface area contributed by atoms with E-state index in [1.807, 2.05) is 0 Å². The molecule has 0 spiro atoms. The van der Waals surface area contributed by atoms with Crippen molar-refractivity contribution in [3.63, 3.8) is 0 Å². The van der Waals surface area contributed by atoms with Gasteiger partial charge in [0.25, 0.3) is 0 Å². The largest absolute Gasteiger partial charge is 1.00 e. The number of azo groups is 3. The molecule has 18 nitrogen and oxygen atoms in total. The maximum absolute atomic E-state index is 12.1. The number of amides is 1. The Kier molecular flexibility index (Phi) is 16.6. The van der Waals surface area contributed by atoms with Crippen LogP contribution in [-0.4, -0.2) is 49.9 Å². The standard InChI is InChI=1S/C38H27N7O11S3.3Na/c39-37(47)17-21-1-4-23(5-2-21)40-41-32-12-14-34(30-19-25(58(51,52)53)7-10-28(30)32)42-43-35-15-13-33(29-11-8-26(20-31(29)35)59(54,55)56)44-45-38-27-9-6-24(57(48,49)50)18-22(27)3-16-36(38)46;;;/h1-16,18-20,46H,17H2,(H2,39,47)(H,48,49,50)(H,51,52,53)(H,54,55,56);;;/q;3*+1/p-3. The summed E-state index contributed by atoms with van der Waals surface area (Å²) < 4.78 is 107. The van der Waals surface area contributed by atoms with Gasteiger partial charge in [0.2, 0.25) is 5.91 Å². The number of rotatable bonds is 11. The van der Waals surface area contributed by atoms with Gasteiger partial charge < -0.3 is 24.5 Å². The van der Waals surface area contributed by atoms with Crippen LogP contribution < -0.4 is 94.4 Å². The molecule has 0 saturated carbocycles. The quantitative estimate of drug-likeness (QED) is 0.0887. The third-order valence-corrected chi connectivity index (χ3v) is 11.3. The Balaban J connectivity index is 0.00000282. The zero-order valence-electron chi connectivity index (χ0n) is 32.7. The molecule has 0 fully saturated rings. The molecule has 24 heteroatoms. The third kappa shape index (κ3) is 11.6. The monoisotopic (exact) mass is 919 g/mol.